The molecule has 162 valence electrons. The number of oxazole rings is 1. The van der Waals surface area contributed by atoms with E-state index in [9.17, 15) is 4.79 Å². The second-order valence-electron chi connectivity index (χ2n) is 7.81. The maximum absolute atomic E-state index is 12.7. The molecule has 0 atom stereocenters. The van der Waals surface area contributed by atoms with Crippen molar-refractivity contribution in [3.8, 4) is 0 Å². The third kappa shape index (κ3) is 4.65. The van der Waals surface area contributed by atoms with E-state index >= 15 is 0 Å². The fourth-order valence-electron chi connectivity index (χ4n) is 3.76. The van der Waals surface area contributed by atoms with Gasteiger partial charge in [0.1, 0.15) is 5.82 Å². The number of nitrogens with one attached hydrogen (secondary N) is 2. The molecular formula is C22H27N7O2. The lowest BCUT2D eigenvalue weighted by atomic mass is 10.1. The van der Waals surface area contributed by atoms with Crippen LogP contribution < -0.4 is 15.5 Å². The van der Waals surface area contributed by atoms with Gasteiger partial charge >= 0.3 is 6.01 Å². The van der Waals surface area contributed by atoms with E-state index < -0.39 is 0 Å². The van der Waals surface area contributed by atoms with Gasteiger partial charge in [0, 0.05) is 25.2 Å². The molecule has 4 rings (SSSR count). The Balaban J connectivity index is 1.50. The molecule has 1 amide bonds. The Labute approximate surface area is 181 Å². The summed E-state index contributed by atoms with van der Waals surface area (Å²) in [6.07, 6.45) is 4.34. The first-order chi connectivity index (χ1) is 14.9. The van der Waals surface area contributed by atoms with Crippen LogP contribution in [-0.2, 0) is 6.42 Å². The lowest BCUT2D eigenvalue weighted by Crippen LogP contribution is -2.22. The monoisotopic (exact) mass is 421 g/mol. The van der Waals surface area contributed by atoms with Crippen LogP contribution in [0.1, 0.15) is 52.8 Å². The Morgan fingerprint density at radius 1 is 1.10 bits per heavy atom. The summed E-state index contributed by atoms with van der Waals surface area (Å²) in [7, 11) is 0. The molecular weight excluding hydrogens is 394 g/mol. The van der Waals surface area contributed by atoms with Crippen molar-refractivity contribution < 1.29 is 9.21 Å². The summed E-state index contributed by atoms with van der Waals surface area (Å²) in [5, 5.41) is 5.88. The SMILES string of the molecule is CCc1nc(Nc2ncc(C(=O)Nc3c(C)cc(C)cc3C)o2)nc(N2CCCC2)n1. The Morgan fingerprint density at radius 2 is 1.81 bits per heavy atom. The minimum atomic E-state index is -0.363. The van der Waals surface area contributed by atoms with Crippen LogP contribution in [0.4, 0.5) is 23.6 Å². The van der Waals surface area contributed by atoms with Crippen molar-refractivity contribution in [2.75, 3.05) is 28.6 Å². The zero-order valence-electron chi connectivity index (χ0n) is 18.3. The predicted molar refractivity (Wildman–Crippen MR) is 119 cm³/mol. The molecule has 0 saturated carbocycles. The number of anilines is 4. The zero-order valence-corrected chi connectivity index (χ0v) is 18.3. The lowest BCUT2D eigenvalue weighted by Gasteiger charge is -2.16. The van der Waals surface area contributed by atoms with Crippen LogP contribution in [0, 0.1) is 20.8 Å². The molecule has 0 bridgehead atoms. The second-order valence-corrected chi connectivity index (χ2v) is 7.81. The number of hydrogen-bond donors (Lipinski definition) is 2. The van der Waals surface area contributed by atoms with Gasteiger partial charge in [-0.05, 0) is 44.7 Å². The largest absolute Gasteiger partial charge is 0.418 e. The van der Waals surface area contributed by atoms with E-state index in [0.717, 1.165) is 48.3 Å². The van der Waals surface area contributed by atoms with Crippen molar-refractivity contribution in [3.05, 3.63) is 46.6 Å². The molecule has 2 aromatic heterocycles. The van der Waals surface area contributed by atoms with Gasteiger partial charge in [0.15, 0.2) is 0 Å². The van der Waals surface area contributed by atoms with Crippen LogP contribution in [0.3, 0.4) is 0 Å². The normalized spacial score (nSPS) is 13.5. The summed E-state index contributed by atoms with van der Waals surface area (Å²) < 4.78 is 5.62. The molecule has 3 aromatic rings. The predicted octanol–water partition coefficient (Wildman–Crippen LogP) is 3.94. The summed E-state index contributed by atoms with van der Waals surface area (Å²) >= 11 is 0. The second kappa shape index (κ2) is 8.71. The van der Waals surface area contributed by atoms with Gasteiger partial charge in [-0.2, -0.15) is 15.0 Å². The number of benzene rings is 1. The van der Waals surface area contributed by atoms with Gasteiger partial charge in [0.2, 0.25) is 17.7 Å². The Hall–Kier alpha value is -3.49. The first-order valence-corrected chi connectivity index (χ1v) is 10.5. The van der Waals surface area contributed by atoms with Crippen LogP contribution in [0.25, 0.3) is 0 Å². The van der Waals surface area contributed by atoms with Crippen LogP contribution in [-0.4, -0.2) is 38.9 Å². The number of aryl methyl sites for hydroxylation is 4. The van der Waals surface area contributed by atoms with E-state index in [1.807, 2.05) is 39.8 Å². The van der Waals surface area contributed by atoms with Gasteiger partial charge in [-0.25, -0.2) is 4.98 Å². The topological polar surface area (TPSA) is 109 Å². The molecule has 0 radical (unpaired) electrons. The standard InChI is InChI=1S/C22H27N7O2/c1-5-17-24-20(27-21(25-17)29-8-6-7-9-29)28-22-23-12-16(31-22)19(30)26-18-14(3)10-13(2)11-15(18)4/h10-12H,5-9H2,1-4H3,(H,26,30)(H,23,24,25,27,28). The highest BCUT2D eigenvalue weighted by molar-refractivity contribution is 6.03. The number of rotatable bonds is 6. The quantitative estimate of drug-likeness (QED) is 0.616. The summed E-state index contributed by atoms with van der Waals surface area (Å²) in [4.78, 5) is 32.4. The molecule has 9 nitrogen and oxygen atoms in total. The van der Waals surface area contributed by atoms with Gasteiger partial charge in [-0.1, -0.05) is 24.6 Å². The number of nitrogens with zero attached hydrogens (tertiary/aromatic N) is 5. The summed E-state index contributed by atoms with van der Waals surface area (Å²) in [6, 6.07) is 4.21. The fraction of sp³-hybridized carbons (Fsp3) is 0.409. The highest BCUT2D eigenvalue weighted by Gasteiger charge is 2.19. The smallest absolute Gasteiger partial charge is 0.302 e. The first-order valence-electron chi connectivity index (χ1n) is 10.5. The minimum absolute atomic E-state index is 0.103. The van der Waals surface area contributed by atoms with Crippen molar-refractivity contribution in [2.45, 2.75) is 47.0 Å². The zero-order chi connectivity index (χ0) is 22.0. The Kier molecular flexibility index (Phi) is 5.83. The van der Waals surface area contributed by atoms with Gasteiger partial charge in [-0.15, -0.1) is 0 Å². The molecule has 0 spiro atoms. The summed E-state index contributed by atoms with van der Waals surface area (Å²) in [5.74, 6) is 1.44. The number of carbonyl (C=O) groups excluding carboxylic acids is 1. The molecule has 9 heteroatoms. The Morgan fingerprint density at radius 3 is 2.48 bits per heavy atom. The molecule has 1 saturated heterocycles. The van der Waals surface area contributed by atoms with Crippen molar-refractivity contribution in [1.29, 1.82) is 0 Å². The van der Waals surface area contributed by atoms with Crippen LogP contribution in [0.5, 0.6) is 0 Å². The molecule has 1 fully saturated rings. The third-order valence-corrected chi connectivity index (χ3v) is 5.24. The number of hydrogen-bond acceptors (Lipinski definition) is 8. The maximum atomic E-state index is 12.7. The van der Waals surface area contributed by atoms with E-state index in [2.05, 4.69) is 35.5 Å². The van der Waals surface area contributed by atoms with Crippen molar-refractivity contribution in [2.24, 2.45) is 0 Å². The van der Waals surface area contributed by atoms with E-state index in [1.165, 1.54) is 6.20 Å². The van der Waals surface area contributed by atoms with Crippen LogP contribution in [0.2, 0.25) is 0 Å². The molecule has 2 N–H and O–H groups in total. The molecule has 1 aliphatic rings. The van der Waals surface area contributed by atoms with E-state index in [4.69, 9.17) is 4.42 Å². The average Bonchev–Trinajstić information content (AvgIpc) is 3.42. The minimum Gasteiger partial charge on any atom is -0.418 e. The summed E-state index contributed by atoms with van der Waals surface area (Å²) in [6.45, 7) is 9.83. The third-order valence-electron chi connectivity index (χ3n) is 5.24. The molecule has 0 aliphatic carbocycles. The van der Waals surface area contributed by atoms with Crippen molar-refractivity contribution >= 4 is 29.5 Å². The highest BCUT2D eigenvalue weighted by Crippen LogP contribution is 2.24. The lowest BCUT2D eigenvalue weighted by molar-refractivity contribution is 0.0997. The highest BCUT2D eigenvalue weighted by atomic mass is 16.4. The molecule has 0 unspecified atom stereocenters. The van der Waals surface area contributed by atoms with E-state index in [-0.39, 0.29) is 17.7 Å². The Bertz CT molecular complexity index is 1080. The van der Waals surface area contributed by atoms with Crippen molar-refractivity contribution in [1.82, 2.24) is 19.9 Å². The van der Waals surface area contributed by atoms with Crippen LogP contribution in [0.15, 0.2) is 22.7 Å². The van der Waals surface area contributed by atoms with E-state index in [0.29, 0.717) is 24.1 Å². The average molecular weight is 422 g/mol. The van der Waals surface area contributed by atoms with Crippen LogP contribution >= 0.6 is 0 Å². The van der Waals surface area contributed by atoms with Gasteiger partial charge in [-0.3, -0.25) is 10.1 Å². The van der Waals surface area contributed by atoms with Crippen molar-refractivity contribution in [3.63, 3.8) is 0 Å². The van der Waals surface area contributed by atoms with Gasteiger partial charge in [0.25, 0.3) is 5.91 Å². The molecule has 31 heavy (non-hydrogen) atoms. The number of carbonyl (C=O) groups is 1. The number of amides is 1. The number of aromatic nitrogens is 4. The van der Waals surface area contributed by atoms with E-state index in [1.54, 1.807) is 0 Å². The first kappa shape index (κ1) is 20.8. The van der Waals surface area contributed by atoms with Gasteiger partial charge in [0.05, 0.1) is 6.20 Å². The fourth-order valence-corrected chi connectivity index (χ4v) is 3.76. The maximum Gasteiger partial charge on any atom is 0.302 e. The molecule has 3 heterocycles. The molecule has 1 aliphatic heterocycles. The molecule has 1 aromatic carbocycles. The van der Waals surface area contributed by atoms with Gasteiger partial charge < -0.3 is 14.6 Å². The summed E-state index contributed by atoms with van der Waals surface area (Å²) in [5.41, 5.74) is 3.92.